The summed E-state index contributed by atoms with van der Waals surface area (Å²) in [6.45, 7) is 9.54. The maximum Gasteiger partial charge on any atom is 0.238 e. The van der Waals surface area contributed by atoms with Crippen molar-refractivity contribution < 1.29 is 0 Å². The Labute approximate surface area is 380 Å². The van der Waals surface area contributed by atoms with Crippen LogP contribution in [0.25, 0.3) is 22.8 Å². The van der Waals surface area contributed by atoms with Gasteiger partial charge in [-0.25, -0.2) is 4.98 Å². The molecule has 1 unspecified atom stereocenters. The SMILES string of the molecule is CCCN1c2cccc3c2P2(=S)c4c1cccc4N(CCC)c1c(N4c5ccccc5N(c5nc(-c6ccccc6)nc(-c6ccccc6)n5)c5ccccc54)ccc(c12)N3CCC. The molecule has 0 radical (unpaired) electrons. The fourth-order valence-corrected chi connectivity index (χ4v) is 16.0. The number of benzene rings is 7. The van der Waals surface area contributed by atoms with Crippen LogP contribution in [-0.4, -0.2) is 34.6 Å². The van der Waals surface area contributed by atoms with Gasteiger partial charge in [0.25, 0.3) is 0 Å². The third-order valence-electron chi connectivity index (χ3n) is 13.0. The summed E-state index contributed by atoms with van der Waals surface area (Å²) in [6, 6.07) is 53.7. The van der Waals surface area contributed by atoms with Crippen LogP contribution in [0.15, 0.2) is 158 Å². The van der Waals surface area contributed by atoms with Gasteiger partial charge in [0.1, 0.15) is 0 Å². The second-order valence-electron chi connectivity index (χ2n) is 16.8. The minimum absolute atomic E-state index is 0.557. The van der Waals surface area contributed by atoms with Gasteiger partial charge in [0.2, 0.25) is 5.95 Å². The van der Waals surface area contributed by atoms with Gasteiger partial charge in [0.05, 0.1) is 68.6 Å². The molecule has 0 aliphatic carbocycles. The molecule has 1 aromatic heterocycles. The summed E-state index contributed by atoms with van der Waals surface area (Å²) in [6.07, 6.45) is 3.03. The largest absolute Gasteiger partial charge is 0.340 e. The van der Waals surface area contributed by atoms with Crippen molar-refractivity contribution in [2.24, 2.45) is 0 Å². The average Bonchev–Trinajstić information content (AvgIpc) is 3.34. The average molecular weight is 871 g/mol. The van der Waals surface area contributed by atoms with Crippen LogP contribution in [0.4, 0.5) is 68.5 Å². The van der Waals surface area contributed by atoms with E-state index in [-0.39, 0.29) is 0 Å². The van der Waals surface area contributed by atoms with Gasteiger partial charge in [0.15, 0.2) is 11.6 Å². The van der Waals surface area contributed by atoms with Crippen LogP contribution in [0.2, 0.25) is 0 Å². The highest BCUT2D eigenvalue weighted by atomic mass is 32.4. The molecule has 8 nitrogen and oxygen atoms in total. The van der Waals surface area contributed by atoms with Gasteiger partial charge in [-0.05, 0) is 79.9 Å². The second kappa shape index (κ2) is 15.2. The van der Waals surface area contributed by atoms with E-state index in [0.29, 0.717) is 17.6 Å². The van der Waals surface area contributed by atoms with Crippen molar-refractivity contribution in [2.45, 2.75) is 40.0 Å². The maximum absolute atomic E-state index is 7.48. The number of anilines is 12. The molecule has 0 amide bonds. The molecule has 64 heavy (non-hydrogen) atoms. The van der Waals surface area contributed by atoms with Crippen LogP contribution in [0.5, 0.6) is 0 Å². The van der Waals surface area contributed by atoms with E-state index in [1.165, 1.54) is 50.0 Å². The molecule has 0 saturated heterocycles. The topological polar surface area (TPSA) is 54.9 Å². The van der Waals surface area contributed by atoms with E-state index in [2.05, 4.69) is 167 Å². The van der Waals surface area contributed by atoms with Crippen molar-refractivity contribution in [1.82, 2.24) is 15.0 Å². The van der Waals surface area contributed by atoms with E-state index >= 15 is 0 Å². The summed E-state index contributed by atoms with van der Waals surface area (Å²) < 4.78 is 0. The molecule has 0 spiro atoms. The second-order valence-corrected chi connectivity index (χ2v) is 21.0. The fraction of sp³-hybridized carbons (Fsp3) is 0.167. The van der Waals surface area contributed by atoms with Gasteiger partial charge < -0.3 is 19.6 Å². The Morgan fingerprint density at radius 1 is 0.375 bits per heavy atom. The zero-order valence-electron chi connectivity index (χ0n) is 36.2. The summed E-state index contributed by atoms with van der Waals surface area (Å²) in [5.74, 6) is 1.80. The number of aromatic nitrogens is 3. The van der Waals surface area contributed by atoms with Crippen LogP contribution >= 0.6 is 6.04 Å². The first kappa shape index (κ1) is 38.8. The van der Waals surface area contributed by atoms with E-state index in [1.54, 1.807) is 0 Å². The highest BCUT2D eigenvalue weighted by Crippen LogP contribution is 2.67. The smallest absolute Gasteiger partial charge is 0.238 e. The van der Waals surface area contributed by atoms with E-state index < -0.39 is 6.04 Å². The van der Waals surface area contributed by atoms with Crippen molar-refractivity contribution in [1.29, 1.82) is 0 Å². The van der Waals surface area contributed by atoms with E-state index in [9.17, 15) is 0 Å². The predicted molar refractivity (Wildman–Crippen MR) is 272 cm³/mol. The lowest BCUT2D eigenvalue weighted by atomic mass is 10.0. The van der Waals surface area contributed by atoms with Crippen LogP contribution in [0.1, 0.15) is 40.0 Å². The van der Waals surface area contributed by atoms with Gasteiger partial charge in [-0.3, -0.25) is 4.90 Å². The van der Waals surface area contributed by atoms with E-state index in [0.717, 1.165) is 78.5 Å². The van der Waals surface area contributed by atoms with E-state index in [4.69, 9.17) is 26.8 Å². The summed E-state index contributed by atoms with van der Waals surface area (Å²) in [5, 5.41) is 4.00. The van der Waals surface area contributed by atoms with Crippen molar-refractivity contribution in [3.05, 3.63) is 158 Å². The number of rotatable bonds is 10. The summed E-state index contributed by atoms with van der Waals surface area (Å²) in [5.41, 5.74) is 14.5. The van der Waals surface area contributed by atoms with Gasteiger partial charge >= 0.3 is 0 Å². The number of hydrogen-bond donors (Lipinski definition) is 0. The van der Waals surface area contributed by atoms with E-state index in [1.807, 2.05) is 36.4 Å². The highest BCUT2D eigenvalue weighted by molar-refractivity contribution is 8.26. The first-order valence-electron chi connectivity index (χ1n) is 22.6. The monoisotopic (exact) mass is 870 g/mol. The van der Waals surface area contributed by atoms with Crippen LogP contribution in [-0.2, 0) is 11.8 Å². The molecular formula is C54H47N8PS. The quantitative estimate of drug-likeness (QED) is 0.125. The molecule has 5 heterocycles. The Kier molecular flexibility index (Phi) is 9.21. The Bertz CT molecular complexity index is 3050. The Hall–Kier alpha value is -6.80. The number of para-hydroxylation sites is 4. The molecule has 0 bridgehead atoms. The number of nitrogens with zero attached hydrogens (tertiary/aromatic N) is 8. The zero-order valence-corrected chi connectivity index (χ0v) is 37.9. The third-order valence-corrected chi connectivity index (χ3v) is 17.9. The molecule has 4 aliphatic heterocycles. The van der Waals surface area contributed by atoms with Crippen LogP contribution in [0, 0.1) is 0 Å². The summed E-state index contributed by atoms with van der Waals surface area (Å²) >= 11 is 7.48. The highest BCUT2D eigenvalue weighted by Gasteiger charge is 2.51. The summed E-state index contributed by atoms with van der Waals surface area (Å²) in [4.78, 5) is 28.0. The molecule has 1 atom stereocenters. The Morgan fingerprint density at radius 3 is 1.22 bits per heavy atom. The molecular weight excluding hydrogens is 824 g/mol. The minimum Gasteiger partial charge on any atom is -0.340 e. The van der Waals surface area contributed by atoms with Gasteiger partial charge in [-0.1, -0.05) is 130 Å². The molecule has 0 saturated carbocycles. The molecule has 0 N–H and O–H groups in total. The van der Waals surface area contributed by atoms with Crippen molar-refractivity contribution in [3.63, 3.8) is 0 Å². The van der Waals surface area contributed by atoms with Crippen LogP contribution in [0.3, 0.4) is 0 Å². The number of fused-ring (bicyclic) bond motifs is 2. The maximum atomic E-state index is 7.48. The molecule has 10 heteroatoms. The molecule has 4 aliphatic rings. The Balaban J connectivity index is 1.13. The standard InChI is InChI=1S/C54H47N8PS/c1-4-33-58-43-27-17-28-44-49(43)63(64)50-45(58)29-18-30-46(50)60(35-6-3)48-42(31-32-47(51(48)63)59(44)34-5-2)61-38-23-13-15-25-40(38)62(41-26-16-14-24-39(41)61)54-56-52(36-19-9-7-10-20-36)55-53(57-54)37-21-11-8-12-22-37/h7-32H,4-6,33-35H2,1-3H3. The first-order chi connectivity index (χ1) is 31.5. The number of hydrogen-bond acceptors (Lipinski definition) is 9. The molecule has 12 rings (SSSR count). The lowest BCUT2D eigenvalue weighted by Crippen LogP contribution is -2.50. The first-order valence-corrected chi connectivity index (χ1v) is 25.4. The minimum atomic E-state index is -2.60. The third kappa shape index (κ3) is 5.53. The van der Waals surface area contributed by atoms with Gasteiger partial charge in [-0.2, -0.15) is 9.97 Å². The van der Waals surface area contributed by atoms with Crippen molar-refractivity contribution in [2.75, 3.05) is 44.1 Å². The molecule has 314 valence electrons. The van der Waals surface area contributed by atoms with Gasteiger partial charge in [0, 0.05) is 46.7 Å². The fourth-order valence-electron chi connectivity index (χ4n) is 10.5. The zero-order chi connectivity index (χ0) is 43.1. The van der Waals surface area contributed by atoms with Crippen molar-refractivity contribution in [3.8, 4) is 22.8 Å². The summed E-state index contributed by atoms with van der Waals surface area (Å²) in [7, 11) is 0. The molecule has 8 aromatic rings. The van der Waals surface area contributed by atoms with Crippen molar-refractivity contribution >= 4 is 102 Å². The lowest BCUT2D eigenvalue weighted by Gasteiger charge is -2.52. The Morgan fingerprint density at radius 2 is 0.750 bits per heavy atom. The molecule has 0 fully saturated rings. The lowest BCUT2D eigenvalue weighted by molar-refractivity contribution is 0.869. The molecule has 7 aromatic carbocycles. The van der Waals surface area contributed by atoms with Gasteiger partial charge in [-0.15, -0.1) is 0 Å². The normalized spacial score (nSPS) is 16.1. The predicted octanol–water partition coefficient (Wildman–Crippen LogP) is 12.8. The van der Waals surface area contributed by atoms with Crippen LogP contribution < -0.4 is 40.4 Å².